The van der Waals surface area contributed by atoms with Crippen LogP contribution >= 0.6 is 0 Å². The van der Waals surface area contributed by atoms with Crippen LogP contribution in [0.1, 0.15) is 25.7 Å². The number of rotatable bonds is 6. The Morgan fingerprint density at radius 3 is 2.69 bits per heavy atom. The number of nitrogen functional groups attached to an aromatic ring is 1. The fraction of sp³-hybridized carbons (Fsp3) is 0.238. The number of halogens is 1. The molecule has 148 valence electrons. The van der Waals surface area contributed by atoms with E-state index in [9.17, 15) is 4.39 Å². The predicted molar refractivity (Wildman–Crippen MR) is 111 cm³/mol. The number of aromatic nitrogens is 4. The summed E-state index contributed by atoms with van der Waals surface area (Å²) in [4.78, 5) is 19.0. The number of nitrogens with one attached hydrogen (secondary N) is 1. The van der Waals surface area contributed by atoms with Crippen molar-refractivity contribution in [2.75, 3.05) is 16.0 Å². The van der Waals surface area contributed by atoms with Gasteiger partial charge in [0.2, 0.25) is 0 Å². The normalized spacial score (nSPS) is 14.0. The van der Waals surface area contributed by atoms with Gasteiger partial charge in [-0.15, -0.1) is 0 Å². The van der Waals surface area contributed by atoms with Crippen molar-refractivity contribution in [1.82, 2.24) is 19.9 Å². The number of hydrogen-bond donors (Lipinski definition) is 2. The van der Waals surface area contributed by atoms with Crippen LogP contribution in [0.4, 0.5) is 21.7 Å². The van der Waals surface area contributed by atoms with Crippen molar-refractivity contribution in [3.63, 3.8) is 0 Å². The summed E-state index contributed by atoms with van der Waals surface area (Å²) >= 11 is 0. The molecule has 0 saturated heterocycles. The number of pyridine rings is 2. The van der Waals surface area contributed by atoms with Crippen LogP contribution in [0.15, 0.2) is 61.6 Å². The number of anilines is 3. The van der Waals surface area contributed by atoms with Gasteiger partial charge in [-0.3, -0.25) is 9.97 Å². The molecule has 8 heteroatoms. The molecule has 29 heavy (non-hydrogen) atoms. The molecule has 0 amide bonds. The molecule has 0 aliphatic heterocycles. The van der Waals surface area contributed by atoms with Gasteiger partial charge >= 0.3 is 0 Å². The molecule has 3 aromatic heterocycles. The first-order valence-corrected chi connectivity index (χ1v) is 9.50. The Kier molecular flexibility index (Phi) is 5.33. The van der Waals surface area contributed by atoms with Gasteiger partial charge in [0.25, 0.3) is 0 Å². The van der Waals surface area contributed by atoms with Crippen molar-refractivity contribution < 1.29 is 4.39 Å². The first-order valence-electron chi connectivity index (χ1n) is 9.50. The quantitative estimate of drug-likeness (QED) is 0.656. The lowest BCUT2D eigenvalue weighted by atomic mass is 10.1. The smallest absolute Gasteiger partial charge is 0.158 e. The van der Waals surface area contributed by atoms with Crippen molar-refractivity contribution in [2.45, 2.75) is 31.7 Å². The summed E-state index contributed by atoms with van der Waals surface area (Å²) in [5.74, 6) is 1.37. The fourth-order valence-corrected chi connectivity index (χ4v) is 3.62. The van der Waals surface area contributed by atoms with Crippen molar-refractivity contribution in [3.05, 3.63) is 67.4 Å². The molecule has 3 N–H and O–H groups in total. The molecule has 1 fully saturated rings. The summed E-state index contributed by atoms with van der Waals surface area (Å²) in [6.07, 6.45) is 11.9. The van der Waals surface area contributed by atoms with E-state index in [2.05, 4.69) is 26.8 Å². The maximum Gasteiger partial charge on any atom is 0.158 e. The van der Waals surface area contributed by atoms with Crippen LogP contribution in [0.25, 0.3) is 11.3 Å². The molecule has 4 rings (SSSR count). The molecule has 1 aliphatic carbocycles. The fourth-order valence-electron chi connectivity index (χ4n) is 3.62. The van der Waals surface area contributed by atoms with Gasteiger partial charge < -0.3 is 16.0 Å². The molecule has 7 nitrogen and oxygen atoms in total. The van der Waals surface area contributed by atoms with Gasteiger partial charge in [-0.2, -0.15) is 0 Å². The second-order valence-electron chi connectivity index (χ2n) is 6.97. The van der Waals surface area contributed by atoms with E-state index in [1.165, 1.54) is 12.3 Å². The molecule has 0 aromatic carbocycles. The highest BCUT2D eigenvalue weighted by Crippen LogP contribution is 2.34. The first-order chi connectivity index (χ1) is 14.1. The highest BCUT2D eigenvalue weighted by molar-refractivity contribution is 5.72. The SMILES string of the molecule is C=C(Nc1cnccn1)N(c1nc(-c2cncc(F)c2)ccc1N)C1CCCC1. The van der Waals surface area contributed by atoms with E-state index in [-0.39, 0.29) is 6.04 Å². The maximum atomic E-state index is 13.6. The Hall–Kier alpha value is -3.55. The van der Waals surface area contributed by atoms with Crippen LogP contribution in [0.5, 0.6) is 0 Å². The lowest BCUT2D eigenvalue weighted by molar-refractivity contribution is 0.622. The third kappa shape index (κ3) is 4.16. The summed E-state index contributed by atoms with van der Waals surface area (Å²) in [6.45, 7) is 4.21. The molecular formula is C21H22FN7. The number of nitrogens with zero attached hydrogens (tertiary/aromatic N) is 5. The van der Waals surface area contributed by atoms with E-state index in [1.807, 2.05) is 4.90 Å². The van der Waals surface area contributed by atoms with Crippen molar-refractivity contribution in [2.24, 2.45) is 0 Å². The molecular weight excluding hydrogens is 369 g/mol. The largest absolute Gasteiger partial charge is 0.396 e. The topological polar surface area (TPSA) is 92.9 Å². The van der Waals surface area contributed by atoms with Crippen LogP contribution in [0, 0.1) is 5.82 Å². The molecule has 0 radical (unpaired) electrons. The molecule has 1 aliphatic rings. The first kappa shape index (κ1) is 18.8. The summed E-state index contributed by atoms with van der Waals surface area (Å²) in [5, 5.41) is 3.20. The van der Waals surface area contributed by atoms with Gasteiger partial charge in [0.1, 0.15) is 17.5 Å². The standard InChI is InChI=1S/C21H22FN7/c1-14(27-20-13-24-8-9-26-20)29(17-4-2-3-5-17)21-18(23)6-7-19(28-21)15-10-16(22)12-25-11-15/h6-13,17H,1-5,23H2,(H,26,27). The second kappa shape index (κ2) is 8.22. The average Bonchev–Trinajstić information content (AvgIpc) is 3.24. The van der Waals surface area contributed by atoms with Crippen molar-refractivity contribution >= 4 is 17.3 Å². The average molecular weight is 391 g/mol. The third-order valence-electron chi connectivity index (χ3n) is 4.95. The molecule has 3 heterocycles. The number of nitrogens with two attached hydrogens (primary N) is 1. The zero-order valence-corrected chi connectivity index (χ0v) is 15.9. The Bertz CT molecular complexity index is 1000. The summed E-state index contributed by atoms with van der Waals surface area (Å²) in [6, 6.07) is 5.16. The zero-order valence-electron chi connectivity index (χ0n) is 15.9. The molecule has 0 spiro atoms. The second-order valence-corrected chi connectivity index (χ2v) is 6.97. The van der Waals surface area contributed by atoms with Crippen LogP contribution in [-0.2, 0) is 0 Å². The summed E-state index contributed by atoms with van der Waals surface area (Å²) < 4.78 is 13.6. The Morgan fingerprint density at radius 2 is 1.97 bits per heavy atom. The summed E-state index contributed by atoms with van der Waals surface area (Å²) in [7, 11) is 0. The third-order valence-corrected chi connectivity index (χ3v) is 4.95. The zero-order chi connectivity index (χ0) is 20.2. The lowest BCUT2D eigenvalue weighted by Gasteiger charge is -2.33. The van der Waals surface area contributed by atoms with Crippen molar-refractivity contribution in [1.29, 1.82) is 0 Å². The van der Waals surface area contributed by atoms with E-state index in [4.69, 9.17) is 10.7 Å². The monoisotopic (exact) mass is 391 g/mol. The molecule has 0 atom stereocenters. The van der Waals surface area contributed by atoms with Crippen LogP contribution < -0.4 is 16.0 Å². The molecule has 0 bridgehead atoms. The Labute approximate surface area is 168 Å². The predicted octanol–water partition coefficient (Wildman–Crippen LogP) is 3.99. The molecule has 3 aromatic rings. The van der Waals surface area contributed by atoms with Gasteiger partial charge in [0, 0.05) is 30.2 Å². The minimum atomic E-state index is -0.413. The van der Waals surface area contributed by atoms with Gasteiger partial charge in [0.15, 0.2) is 5.82 Å². The van der Waals surface area contributed by atoms with Gasteiger partial charge in [-0.1, -0.05) is 19.4 Å². The Balaban J connectivity index is 1.72. The van der Waals surface area contributed by atoms with Crippen molar-refractivity contribution in [3.8, 4) is 11.3 Å². The summed E-state index contributed by atoms with van der Waals surface area (Å²) in [5.41, 5.74) is 8.01. The van der Waals surface area contributed by atoms with E-state index in [0.29, 0.717) is 34.4 Å². The molecule has 1 saturated carbocycles. The van der Waals surface area contributed by atoms with Crippen LogP contribution in [0.2, 0.25) is 0 Å². The maximum absolute atomic E-state index is 13.6. The van der Waals surface area contributed by atoms with Gasteiger partial charge in [-0.05, 0) is 31.0 Å². The highest BCUT2D eigenvalue weighted by atomic mass is 19.1. The lowest BCUT2D eigenvalue weighted by Crippen LogP contribution is -2.36. The number of hydrogen-bond acceptors (Lipinski definition) is 7. The van der Waals surface area contributed by atoms with Crippen LogP contribution in [-0.4, -0.2) is 26.0 Å². The minimum Gasteiger partial charge on any atom is -0.396 e. The van der Waals surface area contributed by atoms with E-state index in [0.717, 1.165) is 25.7 Å². The Morgan fingerprint density at radius 1 is 1.14 bits per heavy atom. The van der Waals surface area contributed by atoms with Crippen LogP contribution in [0.3, 0.4) is 0 Å². The molecule has 0 unspecified atom stereocenters. The van der Waals surface area contributed by atoms with Gasteiger partial charge in [-0.25, -0.2) is 14.4 Å². The van der Waals surface area contributed by atoms with E-state index >= 15 is 0 Å². The highest BCUT2D eigenvalue weighted by Gasteiger charge is 2.28. The van der Waals surface area contributed by atoms with Gasteiger partial charge in [0.05, 0.1) is 23.8 Å². The van der Waals surface area contributed by atoms with E-state index in [1.54, 1.807) is 36.9 Å². The van der Waals surface area contributed by atoms with E-state index < -0.39 is 5.82 Å². The minimum absolute atomic E-state index is 0.211.